The summed E-state index contributed by atoms with van der Waals surface area (Å²) < 4.78 is 10.7. The molecule has 1 aromatic heterocycles. The third-order valence-corrected chi connectivity index (χ3v) is 4.13. The number of unbranched alkanes of at least 4 members (excludes halogenated alkanes) is 1. The highest BCUT2D eigenvalue weighted by Crippen LogP contribution is 2.24. The van der Waals surface area contributed by atoms with Gasteiger partial charge in [-0.25, -0.2) is 9.78 Å². The Morgan fingerprint density at radius 1 is 1.26 bits per heavy atom. The van der Waals surface area contributed by atoms with Gasteiger partial charge in [0.25, 0.3) is 0 Å². The zero-order valence-corrected chi connectivity index (χ0v) is 16.0. The molecule has 0 fully saturated rings. The Morgan fingerprint density at radius 2 is 2.04 bits per heavy atom. The molecule has 0 saturated carbocycles. The predicted octanol–water partition coefficient (Wildman–Crippen LogP) is 3.21. The third kappa shape index (κ3) is 6.77. The maximum Gasteiger partial charge on any atom is 0.328 e. The number of nitrogen functional groups attached to an aromatic ring is 1. The van der Waals surface area contributed by atoms with E-state index in [0.717, 1.165) is 25.7 Å². The fourth-order valence-corrected chi connectivity index (χ4v) is 2.66. The number of ether oxygens (including phenoxy) is 2. The molecule has 1 heterocycles. The SMILES string of the molecule is CCCC[C@@H](Nc1nc(N)ncc1OCCCc1ccccc1)C(=O)OC. The molecule has 0 radical (unpaired) electrons. The number of hydrogen-bond acceptors (Lipinski definition) is 7. The highest BCUT2D eigenvalue weighted by molar-refractivity contribution is 5.79. The number of carbonyl (C=O) groups excluding carboxylic acids is 1. The topological polar surface area (TPSA) is 99.4 Å². The molecule has 0 bridgehead atoms. The van der Waals surface area contributed by atoms with E-state index < -0.39 is 6.04 Å². The standard InChI is InChI=1S/C20H28N4O3/c1-3-4-12-16(19(25)26-2)23-18-17(14-22-20(21)24-18)27-13-8-11-15-9-6-5-7-10-15/h5-7,9-10,14,16H,3-4,8,11-13H2,1-2H3,(H3,21,22,23,24)/t16-/m1/s1. The number of anilines is 2. The lowest BCUT2D eigenvalue weighted by molar-refractivity contribution is -0.141. The molecular weight excluding hydrogens is 344 g/mol. The van der Waals surface area contributed by atoms with Gasteiger partial charge in [-0.15, -0.1) is 0 Å². The second-order valence-electron chi connectivity index (χ2n) is 6.24. The van der Waals surface area contributed by atoms with E-state index in [1.54, 1.807) is 0 Å². The van der Waals surface area contributed by atoms with Crippen molar-refractivity contribution in [1.29, 1.82) is 0 Å². The summed E-state index contributed by atoms with van der Waals surface area (Å²) in [4.78, 5) is 20.2. The van der Waals surface area contributed by atoms with E-state index in [1.165, 1.54) is 18.9 Å². The summed E-state index contributed by atoms with van der Waals surface area (Å²) >= 11 is 0. The van der Waals surface area contributed by atoms with Crippen LogP contribution in [0.25, 0.3) is 0 Å². The van der Waals surface area contributed by atoms with Crippen molar-refractivity contribution in [3.05, 3.63) is 42.1 Å². The van der Waals surface area contributed by atoms with Crippen molar-refractivity contribution in [1.82, 2.24) is 9.97 Å². The van der Waals surface area contributed by atoms with E-state index in [0.29, 0.717) is 24.6 Å². The Morgan fingerprint density at radius 3 is 2.74 bits per heavy atom. The predicted molar refractivity (Wildman–Crippen MR) is 106 cm³/mol. The van der Waals surface area contributed by atoms with Crippen molar-refractivity contribution in [2.24, 2.45) is 0 Å². The summed E-state index contributed by atoms with van der Waals surface area (Å²) in [5, 5.41) is 3.10. The molecule has 0 amide bonds. The maximum absolute atomic E-state index is 12.0. The van der Waals surface area contributed by atoms with Gasteiger partial charge >= 0.3 is 5.97 Å². The average molecular weight is 372 g/mol. The number of methoxy groups -OCH3 is 1. The van der Waals surface area contributed by atoms with Crippen LogP contribution in [-0.4, -0.2) is 35.7 Å². The van der Waals surface area contributed by atoms with Crippen LogP contribution in [0.5, 0.6) is 5.75 Å². The van der Waals surface area contributed by atoms with Crippen LogP contribution in [0.2, 0.25) is 0 Å². The molecule has 7 heteroatoms. The van der Waals surface area contributed by atoms with Crippen molar-refractivity contribution in [2.45, 2.75) is 45.1 Å². The smallest absolute Gasteiger partial charge is 0.328 e. The van der Waals surface area contributed by atoms with Crippen LogP contribution in [0.3, 0.4) is 0 Å². The first-order valence-corrected chi connectivity index (χ1v) is 9.27. The lowest BCUT2D eigenvalue weighted by Crippen LogP contribution is -2.31. The summed E-state index contributed by atoms with van der Waals surface area (Å²) in [5.41, 5.74) is 6.97. The molecule has 27 heavy (non-hydrogen) atoms. The maximum atomic E-state index is 12.0. The Balaban J connectivity index is 1.98. The van der Waals surface area contributed by atoms with Gasteiger partial charge < -0.3 is 20.5 Å². The molecule has 0 aliphatic rings. The van der Waals surface area contributed by atoms with Crippen molar-refractivity contribution in [3.8, 4) is 5.75 Å². The van der Waals surface area contributed by atoms with Gasteiger partial charge in [0.2, 0.25) is 5.95 Å². The second kappa shape index (κ2) is 11.0. The monoisotopic (exact) mass is 372 g/mol. The normalized spacial score (nSPS) is 11.6. The van der Waals surface area contributed by atoms with Crippen LogP contribution in [0.4, 0.5) is 11.8 Å². The number of esters is 1. The highest BCUT2D eigenvalue weighted by atomic mass is 16.5. The first-order valence-electron chi connectivity index (χ1n) is 9.27. The Bertz CT molecular complexity index is 710. The molecule has 2 rings (SSSR count). The van der Waals surface area contributed by atoms with Crippen LogP contribution in [0.15, 0.2) is 36.5 Å². The lowest BCUT2D eigenvalue weighted by Gasteiger charge is -2.19. The Kier molecular flexibility index (Phi) is 8.35. The van der Waals surface area contributed by atoms with E-state index in [9.17, 15) is 4.79 Å². The van der Waals surface area contributed by atoms with Crippen molar-refractivity contribution < 1.29 is 14.3 Å². The summed E-state index contributed by atoms with van der Waals surface area (Å²) in [6, 6.07) is 9.72. The molecule has 2 aromatic rings. The molecule has 0 aliphatic heterocycles. The van der Waals surface area contributed by atoms with Crippen molar-refractivity contribution in [3.63, 3.8) is 0 Å². The van der Waals surface area contributed by atoms with Gasteiger partial charge in [0.1, 0.15) is 6.04 Å². The largest absolute Gasteiger partial charge is 0.488 e. The molecule has 1 atom stereocenters. The minimum atomic E-state index is -0.504. The first kappa shape index (κ1) is 20.5. The van der Waals surface area contributed by atoms with E-state index in [2.05, 4.69) is 34.3 Å². The van der Waals surface area contributed by atoms with Gasteiger partial charge in [0, 0.05) is 0 Å². The van der Waals surface area contributed by atoms with Crippen LogP contribution in [-0.2, 0) is 16.0 Å². The number of nitrogens with two attached hydrogens (primary N) is 1. The van der Waals surface area contributed by atoms with E-state index in [4.69, 9.17) is 15.2 Å². The lowest BCUT2D eigenvalue weighted by atomic mass is 10.1. The van der Waals surface area contributed by atoms with E-state index in [1.807, 2.05) is 18.2 Å². The first-order chi connectivity index (χ1) is 13.1. The minimum absolute atomic E-state index is 0.119. The number of aromatic nitrogens is 2. The molecule has 7 nitrogen and oxygen atoms in total. The van der Waals surface area contributed by atoms with Crippen LogP contribution in [0.1, 0.15) is 38.2 Å². The van der Waals surface area contributed by atoms with Gasteiger partial charge in [-0.2, -0.15) is 4.98 Å². The Hall–Kier alpha value is -2.83. The van der Waals surface area contributed by atoms with Gasteiger partial charge in [-0.1, -0.05) is 50.1 Å². The molecule has 3 N–H and O–H groups in total. The zero-order valence-electron chi connectivity index (χ0n) is 16.0. The number of nitrogens with zero attached hydrogens (tertiary/aromatic N) is 2. The summed E-state index contributed by atoms with van der Waals surface area (Å²) in [6.45, 7) is 2.58. The molecule has 0 aliphatic carbocycles. The third-order valence-electron chi connectivity index (χ3n) is 4.13. The van der Waals surface area contributed by atoms with E-state index >= 15 is 0 Å². The zero-order chi connectivity index (χ0) is 19.5. The minimum Gasteiger partial charge on any atom is -0.488 e. The van der Waals surface area contributed by atoms with Crippen molar-refractivity contribution >= 4 is 17.7 Å². The summed E-state index contributed by atoms with van der Waals surface area (Å²) in [6.07, 6.45) is 5.80. The fourth-order valence-electron chi connectivity index (χ4n) is 2.66. The number of rotatable bonds is 11. The fraction of sp³-hybridized carbons (Fsp3) is 0.450. The summed E-state index contributed by atoms with van der Waals surface area (Å²) in [5.74, 6) is 0.667. The number of carbonyl (C=O) groups is 1. The van der Waals surface area contributed by atoms with Gasteiger partial charge in [0.15, 0.2) is 11.6 Å². The molecular formula is C20H28N4O3. The van der Waals surface area contributed by atoms with E-state index in [-0.39, 0.29) is 11.9 Å². The van der Waals surface area contributed by atoms with Crippen LogP contribution >= 0.6 is 0 Å². The van der Waals surface area contributed by atoms with Crippen LogP contribution in [0, 0.1) is 0 Å². The summed E-state index contributed by atoms with van der Waals surface area (Å²) in [7, 11) is 1.37. The van der Waals surface area contributed by atoms with Crippen LogP contribution < -0.4 is 15.8 Å². The second-order valence-corrected chi connectivity index (χ2v) is 6.24. The molecule has 0 spiro atoms. The average Bonchev–Trinajstić information content (AvgIpc) is 2.69. The number of aryl methyl sites for hydroxylation is 1. The molecule has 0 saturated heterocycles. The molecule has 1 aromatic carbocycles. The Labute approximate surface area is 160 Å². The molecule has 146 valence electrons. The van der Waals surface area contributed by atoms with Gasteiger partial charge in [-0.05, 0) is 24.8 Å². The van der Waals surface area contributed by atoms with Gasteiger partial charge in [0.05, 0.1) is 19.9 Å². The number of hydrogen-bond donors (Lipinski definition) is 2. The quantitative estimate of drug-likeness (QED) is 0.461. The van der Waals surface area contributed by atoms with Crippen molar-refractivity contribution in [2.75, 3.05) is 24.8 Å². The molecule has 0 unspecified atom stereocenters. The highest BCUT2D eigenvalue weighted by Gasteiger charge is 2.21. The number of nitrogens with one attached hydrogen (secondary N) is 1. The number of benzene rings is 1. The van der Waals surface area contributed by atoms with Gasteiger partial charge in [-0.3, -0.25) is 0 Å².